The molecule has 0 fully saturated rings. The van der Waals surface area contributed by atoms with Gasteiger partial charge in [-0.1, -0.05) is 12.1 Å². The van der Waals surface area contributed by atoms with Crippen LogP contribution in [0.25, 0.3) is 0 Å². The molecule has 0 heterocycles. The van der Waals surface area contributed by atoms with Gasteiger partial charge in [-0.15, -0.1) is 0 Å². The largest absolute Gasteiger partial charge is 0.387 e. The van der Waals surface area contributed by atoms with Gasteiger partial charge in [-0.05, 0) is 72.7 Å². The molecular weight excluding hydrogens is 402 g/mol. The van der Waals surface area contributed by atoms with Gasteiger partial charge in [0.2, 0.25) is 0 Å². The number of amidine groups is 1. The summed E-state index contributed by atoms with van der Waals surface area (Å²) in [6.45, 7) is 1.91. The molecule has 7 nitrogen and oxygen atoms in total. The maximum atomic E-state index is 12.6. The Morgan fingerprint density at radius 2 is 1.34 bits per heavy atom. The lowest BCUT2D eigenvalue weighted by Gasteiger charge is -2.37. The second-order valence-corrected chi connectivity index (χ2v) is 9.14. The number of nitrogens with zero attached hydrogens (tertiary/aromatic N) is 2. The number of aryl methyl sites for hydroxylation is 2. The van der Waals surface area contributed by atoms with E-state index in [-0.39, 0.29) is 23.7 Å². The molecule has 0 saturated heterocycles. The standard InChI is InChI=1S/C25H33N5O2/c1-15(26)14-25(24(27)28)20-10-8-18(22(31)29(2)3)12-16(20)6-7-17-13-19(9-11-21(17)25)23(32)30(4)5/h8-13,15H,6-7,14,26H2,1-5H3,(H3,27,28)/t15-/m0/s1. The summed E-state index contributed by atoms with van der Waals surface area (Å²) in [4.78, 5) is 28.3. The van der Waals surface area contributed by atoms with Crippen molar-refractivity contribution in [3.05, 3.63) is 69.8 Å². The van der Waals surface area contributed by atoms with E-state index in [2.05, 4.69) is 0 Å². The van der Waals surface area contributed by atoms with Gasteiger partial charge in [0.15, 0.2) is 0 Å². The Balaban J connectivity index is 2.28. The molecule has 170 valence electrons. The molecule has 2 aromatic rings. The minimum absolute atomic E-state index is 0.0116. The van der Waals surface area contributed by atoms with E-state index in [1.165, 1.54) is 0 Å². The summed E-state index contributed by atoms with van der Waals surface area (Å²) in [6, 6.07) is 11.0. The maximum absolute atomic E-state index is 12.6. The third-order valence-corrected chi connectivity index (χ3v) is 6.19. The molecule has 0 aromatic heterocycles. The number of hydrogen-bond donors (Lipinski definition) is 3. The van der Waals surface area contributed by atoms with Crippen LogP contribution in [0.3, 0.4) is 0 Å². The summed E-state index contributed by atoms with van der Waals surface area (Å²) in [6.07, 6.45) is 1.79. The third kappa shape index (κ3) is 4.00. The number of nitrogens with one attached hydrogen (secondary N) is 1. The topological polar surface area (TPSA) is 117 Å². The summed E-state index contributed by atoms with van der Waals surface area (Å²) in [7, 11) is 6.90. The molecule has 0 saturated carbocycles. The minimum atomic E-state index is -0.922. The Morgan fingerprint density at radius 3 is 1.66 bits per heavy atom. The second kappa shape index (κ2) is 8.74. The summed E-state index contributed by atoms with van der Waals surface area (Å²) >= 11 is 0. The molecular formula is C25H33N5O2. The van der Waals surface area contributed by atoms with Gasteiger partial charge < -0.3 is 21.3 Å². The van der Waals surface area contributed by atoms with Crippen molar-refractivity contribution in [3.8, 4) is 0 Å². The zero-order valence-corrected chi connectivity index (χ0v) is 19.5. The summed E-state index contributed by atoms with van der Waals surface area (Å²) in [5.74, 6) is -0.138. The highest BCUT2D eigenvalue weighted by atomic mass is 16.2. The number of carbonyl (C=O) groups is 2. The predicted molar refractivity (Wildman–Crippen MR) is 127 cm³/mol. The fourth-order valence-corrected chi connectivity index (χ4v) is 4.73. The second-order valence-electron chi connectivity index (χ2n) is 9.14. The van der Waals surface area contributed by atoms with Crippen molar-refractivity contribution in [1.29, 1.82) is 5.41 Å². The first kappa shape index (κ1) is 23.5. The Bertz CT molecular complexity index is 1000. The summed E-state index contributed by atoms with van der Waals surface area (Å²) in [5, 5.41) is 8.67. The highest BCUT2D eigenvalue weighted by Gasteiger charge is 2.43. The SMILES string of the molecule is C[C@H](N)CC1(C(=N)N)c2ccc(C(=O)N(C)C)cc2CCc2cc(C(=O)N(C)C)ccc21. The maximum Gasteiger partial charge on any atom is 0.253 e. The van der Waals surface area contributed by atoms with E-state index in [0.717, 1.165) is 22.3 Å². The fraction of sp³-hybridized carbons (Fsp3) is 0.400. The molecule has 7 heteroatoms. The van der Waals surface area contributed by atoms with Gasteiger partial charge in [-0.25, -0.2) is 0 Å². The number of carbonyl (C=O) groups excluding carboxylic acids is 2. The van der Waals surface area contributed by atoms with Gasteiger partial charge in [0.25, 0.3) is 11.8 Å². The molecule has 3 rings (SSSR count). The highest BCUT2D eigenvalue weighted by Crippen LogP contribution is 2.43. The van der Waals surface area contributed by atoms with E-state index in [4.69, 9.17) is 16.9 Å². The number of hydrogen-bond acceptors (Lipinski definition) is 4. The molecule has 32 heavy (non-hydrogen) atoms. The van der Waals surface area contributed by atoms with Gasteiger partial charge in [0, 0.05) is 45.4 Å². The first-order valence-corrected chi connectivity index (χ1v) is 10.8. The Hall–Kier alpha value is -3.19. The van der Waals surface area contributed by atoms with Crippen LogP contribution in [-0.4, -0.2) is 61.7 Å². The number of nitrogens with two attached hydrogens (primary N) is 2. The molecule has 0 unspecified atom stereocenters. The lowest BCUT2D eigenvalue weighted by molar-refractivity contribution is 0.0820. The van der Waals surface area contributed by atoms with Crippen LogP contribution in [0.2, 0.25) is 0 Å². The molecule has 1 aliphatic rings. The number of rotatable bonds is 5. The smallest absolute Gasteiger partial charge is 0.253 e. The molecule has 2 aromatic carbocycles. The minimum Gasteiger partial charge on any atom is -0.387 e. The van der Waals surface area contributed by atoms with Gasteiger partial charge in [-0.3, -0.25) is 15.0 Å². The lowest BCUT2D eigenvalue weighted by atomic mass is 9.67. The average Bonchev–Trinajstić information content (AvgIpc) is 2.87. The van der Waals surface area contributed by atoms with Gasteiger partial charge >= 0.3 is 0 Å². The van der Waals surface area contributed by atoms with Crippen LogP contribution in [0, 0.1) is 5.41 Å². The van der Waals surface area contributed by atoms with Crippen molar-refractivity contribution in [3.63, 3.8) is 0 Å². The number of amides is 2. The van der Waals surface area contributed by atoms with Crippen molar-refractivity contribution < 1.29 is 9.59 Å². The number of benzene rings is 2. The van der Waals surface area contributed by atoms with E-state index in [1.54, 1.807) is 50.1 Å². The van der Waals surface area contributed by atoms with Crippen LogP contribution in [0.15, 0.2) is 36.4 Å². The molecule has 5 N–H and O–H groups in total. The predicted octanol–water partition coefficient (Wildman–Crippen LogP) is 2.15. The van der Waals surface area contributed by atoms with Crippen LogP contribution in [0.4, 0.5) is 0 Å². The van der Waals surface area contributed by atoms with Crippen LogP contribution in [0.5, 0.6) is 0 Å². The molecule has 2 amide bonds. The average molecular weight is 436 g/mol. The molecule has 1 atom stereocenters. The summed E-state index contributed by atoms with van der Waals surface area (Å²) < 4.78 is 0. The van der Waals surface area contributed by atoms with Gasteiger partial charge in [0.1, 0.15) is 5.84 Å². The normalized spacial score (nSPS) is 15.1. The zero-order valence-electron chi connectivity index (χ0n) is 19.5. The molecule has 0 bridgehead atoms. The molecule has 0 radical (unpaired) electrons. The fourth-order valence-electron chi connectivity index (χ4n) is 4.73. The first-order chi connectivity index (χ1) is 15.0. The van der Waals surface area contributed by atoms with E-state index in [0.29, 0.717) is 30.4 Å². The zero-order chi connectivity index (χ0) is 23.8. The van der Waals surface area contributed by atoms with E-state index >= 15 is 0 Å². The van der Waals surface area contributed by atoms with Gasteiger partial charge in [0.05, 0.1) is 5.41 Å². The molecule has 1 aliphatic carbocycles. The van der Waals surface area contributed by atoms with Crippen LogP contribution in [0.1, 0.15) is 56.3 Å². The highest BCUT2D eigenvalue weighted by molar-refractivity contribution is 5.98. The number of fused-ring (bicyclic) bond motifs is 2. The lowest BCUT2D eigenvalue weighted by Crippen LogP contribution is -2.46. The Kier molecular flexibility index (Phi) is 6.41. The van der Waals surface area contributed by atoms with Crippen molar-refractivity contribution in [2.45, 2.75) is 37.6 Å². The van der Waals surface area contributed by atoms with Crippen molar-refractivity contribution in [1.82, 2.24) is 9.80 Å². The summed E-state index contributed by atoms with van der Waals surface area (Å²) in [5.41, 5.74) is 16.6. The monoisotopic (exact) mass is 435 g/mol. The Morgan fingerprint density at radius 1 is 0.938 bits per heavy atom. The first-order valence-electron chi connectivity index (χ1n) is 10.8. The van der Waals surface area contributed by atoms with E-state index in [9.17, 15) is 9.59 Å². The van der Waals surface area contributed by atoms with Crippen molar-refractivity contribution in [2.24, 2.45) is 11.5 Å². The molecule has 0 aliphatic heterocycles. The Labute approximate surface area is 189 Å². The van der Waals surface area contributed by atoms with Crippen molar-refractivity contribution in [2.75, 3.05) is 28.2 Å². The van der Waals surface area contributed by atoms with Crippen LogP contribution >= 0.6 is 0 Å². The third-order valence-electron chi connectivity index (χ3n) is 6.19. The quantitative estimate of drug-likeness (QED) is 0.493. The van der Waals surface area contributed by atoms with Crippen LogP contribution in [-0.2, 0) is 18.3 Å². The van der Waals surface area contributed by atoms with Crippen molar-refractivity contribution >= 4 is 17.6 Å². The van der Waals surface area contributed by atoms with Crippen LogP contribution < -0.4 is 11.5 Å². The van der Waals surface area contributed by atoms with E-state index in [1.807, 2.05) is 31.2 Å². The van der Waals surface area contributed by atoms with E-state index < -0.39 is 5.41 Å². The molecule has 0 spiro atoms. The van der Waals surface area contributed by atoms with Gasteiger partial charge in [-0.2, -0.15) is 0 Å².